The maximum atomic E-state index is 18.3. The fraction of sp³-hybridized carbons (Fsp3) is 0.586. The van der Waals surface area contributed by atoms with Crippen LogP contribution in [0.15, 0.2) is 48.7 Å². The van der Waals surface area contributed by atoms with Crippen molar-refractivity contribution in [1.29, 1.82) is 0 Å². The van der Waals surface area contributed by atoms with Crippen molar-refractivity contribution in [3.8, 4) is 34.5 Å². The lowest BCUT2D eigenvalue weighted by Crippen LogP contribution is -2.57. The number of fused-ring (bicyclic) bond motifs is 4. The summed E-state index contributed by atoms with van der Waals surface area (Å²) in [6, 6.07) is 10.4. The van der Waals surface area contributed by atoms with Crippen LogP contribution >= 0.6 is 11.6 Å². The molecule has 6 aliphatic rings. The molecule has 93 heavy (non-hydrogen) atoms. The Kier molecular flexibility index (Phi) is 20.0. The monoisotopic (exact) mass is 1320 g/mol. The molecule has 5 aliphatic heterocycles. The third-order valence-electron chi connectivity index (χ3n) is 20.2. The number of aromatic nitrogens is 3. The van der Waals surface area contributed by atoms with Crippen LogP contribution in [0.25, 0.3) is 32.9 Å². The highest BCUT2D eigenvalue weighted by Crippen LogP contribution is 2.48. The molecule has 500 valence electrons. The number of amides is 5. The first kappa shape index (κ1) is 67.7. The van der Waals surface area contributed by atoms with Crippen LogP contribution in [-0.2, 0) is 19.0 Å². The van der Waals surface area contributed by atoms with Crippen molar-refractivity contribution >= 4 is 76.8 Å². The minimum absolute atomic E-state index is 0.00141. The number of nitrogens with one attached hydrogen (secondary N) is 1. The molecule has 0 spiro atoms. The highest BCUT2D eigenvalue weighted by atomic mass is 35.5. The van der Waals surface area contributed by atoms with E-state index in [1.54, 1.807) is 42.6 Å². The number of hydrogen-bond acceptors (Lipinski definition) is 15. The zero-order valence-electron chi connectivity index (χ0n) is 55.5. The Morgan fingerprint density at radius 2 is 1.57 bits per heavy atom. The summed E-state index contributed by atoms with van der Waals surface area (Å²) >= 11 is 6.44. The van der Waals surface area contributed by atoms with Crippen molar-refractivity contribution in [3.63, 3.8) is 0 Å². The maximum Gasteiger partial charge on any atom is 0.410 e. The van der Waals surface area contributed by atoms with Gasteiger partial charge in [0.2, 0.25) is 5.91 Å². The van der Waals surface area contributed by atoms with E-state index in [1.165, 1.54) is 18.1 Å². The van der Waals surface area contributed by atoms with Crippen molar-refractivity contribution in [2.75, 3.05) is 95.9 Å². The number of rotatable bonds is 20. The molecule has 19 nitrogen and oxygen atoms in total. The van der Waals surface area contributed by atoms with Crippen LogP contribution in [0.2, 0.25) is 21.6 Å². The predicted molar refractivity (Wildman–Crippen MR) is 357 cm³/mol. The number of carbonyl (C=O) groups excluding carboxylic acids is 4. The van der Waals surface area contributed by atoms with Crippen molar-refractivity contribution in [1.82, 2.24) is 35.0 Å². The first-order chi connectivity index (χ1) is 44.3. The number of piperidine rings is 2. The Labute approximate surface area is 550 Å². The summed E-state index contributed by atoms with van der Waals surface area (Å²) in [5, 5.41) is 15.7. The van der Waals surface area contributed by atoms with Gasteiger partial charge >= 0.3 is 18.1 Å². The minimum Gasteiger partial charge on any atom is -0.468 e. The van der Waals surface area contributed by atoms with Crippen LogP contribution in [0.4, 0.5) is 29.9 Å². The van der Waals surface area contributed by atoms with Gasteiger partial charge in [0, 0.05) is 101 Å². The van der Waals surface area contributed by atoms with Gasteiger partial charge in [-0.15, -0.1) is 5.54 Å². The van der Waals surface area contributed by atoms with Crippen LogP contribution in [0.5, 0.6) is 11.8 Å². The van der Waals surface area contributed by atoms with Gasteiger partial charge in [0.15, 0.2) is 12.6 Å². The van der Waals surface area contributed by atoms with Crippen molar-refractivity contribution < 1.29 is 56.7 Å². The van der Waals surface area contributed by atoms with Gasteiger partial charge in [-0.2, -0.15) is 9.97 Å². The van der Waals surface area contributed by atoms with E-state index in [9.17, 15) is 24.3 Å². The average Bonchev–Trinajstić information content (AvgIpc) is 1.24. The summed E-state index contributed by atoms with van der Waals surface area (Å²) in [4.78, 5) is 75.8. The van der Waals surface area contributed by atoms with Crippen LogP contribution in [0.1, 0.15) is 142 Å². The molecule has 11 rings (SSSR count). The van der Waals surface area contributed by atoms with E-state index in [2.05, 4.69) is 68.1 Å². The largest absolute Gasteiger partial charge is 0.468 e. The molecule has 1 saturated carbocycles. The second-order valence-electron chi connectivity index (χ2n) is 28.7. The van der Waals surface area contributed by atoms with Gasteiger partial charge in [-0.3, -0.25) is 29.7 Å². The molecule has 2 bridgehead atoms. The number of piperazine rings is 1. The van der Waals surface area contributed by atoms with Crippen LogP contribution in [-0.4, -0.2) is 176 Å². The van der Waals surface area contributed by atoms with Gasteiger partial charge in [-0.05, 0) is 143 Å². The molecular formula is C70H90ClF2N9O10Si. The van der Waals surface area contributed by atoms with Gasteiger partial charge in [0.25, 0.3) is 5.91 Å². The summed E-state index contributed by atoms with van der Waals surface area (Å²) in [5.41, 5.74) is 3.83. The van der Waals surface area contributed by atoms with Gasteiger partial charge < -0.3 is 43.5 Å². The molecule has 0 radical (unpaired) electrons. The van der Waals surface area contributed by atoms with E-state index in [4.69, 9.17) is 50.2 Å². The number of aliphatic hydroxyl groups is 1. The zero-order chi connectivity index (χ0) is 66.3. The molecule has 1 aliphatic carbocycles. The lowest BCUT2D eigenvalue weighted by molar-refractivity contribution is -0.120. The molecule has 2 N–H and O–H groups in total. The zero-order valence-corrected chi connectivity index (χ0v) is 57.2. The number of benzene rings is 3. The molecule has 2 unspecified atom stereocenters. The number of anilines is 2. The Hall–Kier alpha value is -6.74. The van der Waals surface area contributed by atoms with Crippen molar-refractivity contribution in [2.24, 2.45) is 11.3 Å². The van der Waals surface area contributed by atoms with E-state index in [0.29, 0.717) is 109 Å². The first-order valence-corrected chi connectivity index (χ1v) is 35.8. The molecule has 23 heteroatoms. The third-order valence-corrected chi connectivity index (χ3v) is 26.8. The fourth-order valence-corrected chi connectivity index (χ4v) is 20.4. The number of likely N-dealkylation sites (tertiary alicyclic amines) is 2. The van der Waals surface area contributed by atoms with Crippen LogP contribution in [0.3, 0.4) is 0 Å². The fourth-order valence-electron chi connectivity index (χ4n) is 15.0. The average molecular weight is 1320 g/mol. The molecular weight excluding hydrogens is 1230 g/mol. The number of imide groups is 1. The number of methoxy groups -OCH3 is 1. The summed E-state index contributed by atoms with van der Waals surface area (Å²) in [5.74, 6) is 2.76. The lowest BCUT2D eigenvalue weighted by atomic mass is 9.91. The van der Waals surface area contributed by atoms with E-state index in [-0.39, 0.29) is 113 Å². The summed E-state index contributed by atoms with van der Waals surface area (Å²) in [6.45, 7) is 23.9. The van der Waals surface area contributed by atoms with Crippen molar-refractivity contribution in [2.45, 2.75) is 166 Å². The second kappa shape index (κ2) is 27.5. The lowest BCUT2D eigenvalue weighted by Gasteiger charge is -2.42. The summed E-state index contributed by atoms with van der Waals surface area (Å²) in [6.07, 6.45) is 8.21. The number of carbonyl (C=O) groups is 4. The van der Waals surface area contributed by atoms with E-state index < -0.39 is 36.9 Å². The van der Waals surface area contributed by atoms with Gasteiger partial charge in [0.05, 0.1) is 52.6 Å². The SMILES string of the molecule is COCOc1cc(-c2ncc3c(N4CC5CCC(C4)N5C(=O)OC(C)(C)C)nc(OCC4(CN5CCC(O)(COCCC6CCN(C(=O)c7ccc(Cl)c(N8CCC(=O)NC8=O)c7)CC6)CC5)CC4)nc3c2F)c2c(C#C[Si](C(C)C)(C(C)C)C(C)C)c(F)ccc2c1. The summed E-state index contributed by atoms with van der Waals surface area (Å²) in [7, 11) is -0.860. The number of hydrogen-bond donors (Lipinski definition) is 2. The van der Waals surface area contributed by atoms with Gasteiger partial charge in [0.1, 0.15) is 42.3 Å². The quantitative estimate of drug-likeness (QED) is 0.0322. The highest BCUT2D eigenvalue weighted by Gasteiger charge is 2.48. The first-order valence-electron chi connectivity index (χ1n) is 33.2. The molecule has 7 heterocycles. The molecule has 5 amide bonds. The Bertz CT molecular complexity index is 3670. The Morgan fingerprint density at radius 1 is 0.871 bits per heavy atom. The third kappa shape index (κ3) is 14.6. The Balaban J connectivity index is 0.779. The molecule has 2 aromatic heterocycles. The predicted octanol–water partition coefficient (Wildman–Crippen LogP) is 12.3. The topological polar surface area (TPSA) is 202 Å². The van der Waals surface area contributed by atoms with E-state index >= 15 is 8.78 Å². The number of pyridine rings is 1. The maximum absolute atomic E-state index is 18.3. The normalized spacial score (nSPS) is 20.2. The summed E-state index contributed by atoms with van der Waals surface area (Å²) < 4.78 is 64.9. The number of nitrogens with zero attached hydrogens (tertiary/aromatic N) is 8. The van der Waals surface area contributed by atoms with Gasteiger partial charge in [-0.25, -0.2) is 18.4 Å². The highest BCUT2D eigenvalue weighted by molar-refractivity contribution is 6.90. The van der Waals surface area contributed by atoms with Crippen LogP contribution in [0, 0.1) is 34.4 Å². The molecule has 5 saturated heterocycles. The molecule has 5 aromatic rings. The Morgan fingerprint density at radius 3 is 2.22 bits per heavy atom. The minimum atomic E-state index is -2.37. The molecule has 3 aromatic carbocycles. The number of urea groups is 1. The molecule has 6 fully saturated rings. The smallest absolute Gasteiger partial charge is 0.410 e. The number of ether oxygens (including phenoxy) is 5. The van der Waals surface area contributed by atoms with E-state index in [1.807, 2.05) is 30.6 Å². The van der Waals surface area contributed by atoms with Crippen molar-refractivity contribution in [3.05, 3.63) is 76.4 Å². The number of halogens is 3. The standard InChI is InChI=1S/C70H90ClF2N9O10Si/c1-43(2)93(44(3)4,45(5)6)32-21-52-56(72)16-12-47-33-51(91-42-88-10)35-53(59(47)52)61-60(73)62-54(36-74-61)63(80-37-49-13-14-50(38-80)82(49)67(86)92-68(7,8)9)77-65(76-62)90-40-69(22-23-69)39-78-29-24-70(87,25-30-78)41-89-31-20-46-17-26-79(27-18-46)64(84)48-11-15-55(71)57(34-48)81-28-19-58(83)75-66(81)85/h11-12,15-16,33-36,43-46,49-50,87H,13-14,17-20,22-31,37-42H2,1-10H3,(H,75,83,85). The van der Waals surface area contributed by atoms with Gasteiger partial charge in [-0.1, -0.05) is 65.1 Å². The second-order valence-corrected chi connectivity index (χ2v) is 34.7. The molecule has 2 atom stereocenters. The van der Waals surface area contributed by atoms with E-state index in [0.717, 1.165) is 51.5 Å². The van der Waals surface area contributed by atoms with Crippen LogP contribution < -0.4 is 24.6 Å².